The molecule has 3 nitrogen and oxygen atoms in total. The predicted molar refractivity (Wildman–Crippen MR) is 70.4 cm³/mol. The van der Waals surface area contributed by atoms with Gasteiger partial charge in [0.05, 0.1) is 7.11 Å². The highest BCUT2D eigenvalue weighted by molar-refractivity contribution is 6.31. The van der Waals surface area contributed by atoms with Crippen LogP contribution in [0.2, 0.25) is 5.02 Å². The summed E-state index contributed by atoms with van der Waals surface area (Å²) in [7, 11) is 1.66. The van der Waals surface area contributed by atoms with Gasteiger partial charge in [0.2, 0.25) is 0 Å². The Labute approximate surface area is 107 Å². The van der Waals surface area contributed by atoms with E-state index in [0.29, 0.717) is 12.0 Å². The van der Waals surface area contributed by atoms with E-state index in [-0.39, 0.29) is 6.04 Å². The maximum absolute atomic E-state index is 6.26. The fourth-order valence-corrected chi connectivity index (χ4v) is 2.54. The molecule has 4 N–H and O–H groups in total. The lowest BCUT2D eigenvalue weighted by atomic mass is 9.74. The van der Waals surface area contributed by atoms with E-state index in [9.17, 15) is 0 Å². The predicted octanol–water partition coefficient (Wildman–Crippen LogP) is 2.39. The summed E-state index contributed by atoms with van der Waals surface area (Å²) in [5.74, 6) is 1.26. The topological polar surface area (TPSA) is 61.3 Å². The highest BCUT2D eigenvalue weighted by Crippen LogP contribution is 2.40. The van der Waals surface area contributed by atoms with Gasteiger partial charge in [-0.05, 0) is 43.4 Å². The SMILES string of the molecule is COc1cc(C)c(Cl)cc1C(N)C1CC(N)C1. The molecule has 4 heteroatoms. The van der Waals surface area contributed by atoms with Crippen molar-refractivity contribution in [2.45, 2.75) is 31.8 Å². The second kappa shape index (κ2) is 4.84. The van der Waals surface area contributed by atoms with Crippen LogP contribution in [0.25, 0.3) is 0 Å². The summed E-state index contributed by atoms with van der Waals surface area (Å²) in [5, 5.41) is 0.736. The molecule has 94 valence electrons. The molecule has 1 aromatic carbocycles. The first-order chi connectivity index (χ1) is 8.02. The van der Waals surface area contributed by atoms with Gasteiger partial charge in [-0.25, -0.2) is 0 Å². The minimum atomic E-state index is -0.0390. The number of aryl methyl sites for hydroxylation is 1. The van der Waals surface area contributed by atoms with Gasteiger partial charge in [-0.1, -0.05) is 11.6 Å². The molecule has 0 spiro atoms. The Bertz CT molecular complexity index is 416. The Morgan fingerprint density at radius 1 is 1.41 bits per heavy atom. The number of methoxy groups -OCH3 is 1. The summed E-state index contributed by atoms with van der Waals surface area (Å²) >= 11 is 6.15. The van der Waals surface area contributed by atoms with Crippen molar-refractivity contribution < 1.29 is 4.74 Å². The van der Waals surface area contributed by atoms with E-state index in [1.54, 1.807) is 7.11 Å². The molecule has 1 aliphatic carbocycles. The zero-order valence-electron chi connectivity index (χ0n) is 10.2. The van der Waals surface area contributed by atoms with E-state index in [4.69, 9.17) is 27.8 Å². The highest BCUT2D eigenvalue weighted by Gasteiger charge is 2.33. The third-order valence-electron chi connectivity index (χ3n) is 3.59. The average molecular weight is 255 g/mol. The molecule has 1 aromatic rings. The Balaban J connectivity index is 2.27. The number of rotatable bonds is 3. The lowest BCUT2D eigenvalue weighted by molar-refractivity contribution is 0.221. The van der Waals surface area contributed by atoms with Gasteiger partial charge >= 0.3 is 0 Å². The zero-order chi connectivity index (χ0) is 12.6. The van der Waals surface area contributed by atoms with Crippen LogP contribution in [-0.4, -0.2) is 13.2 Å². The molecular formula is C13H19ClN2O. The number of halogens is 1. The molecule has 1 saturated carbocycles. The van der Waals surface area contributed by atoms with E-state index in [1.165, 1.54) is 0 Å². The molecule has 1 atom stereocenters. The maximum atomic E-state index is 6.26. The minimum Gasteiger partial charge on any atom is -0.496 e. The number of benzene rings is 1. The van der Waals surface area contributed by atoms with Crippen LogP contribution in [0.15, 0.2) is 12.1 Å². The smallest absolute Gasteiger partial charge is 0.124 e. The molecule has 0 radical (unpaired) electrons. The highest BCUT2D eigenvalue weighted by atomic mass is 35.5. The van der Waals surface area contributed by atoms with Crippen LogP contribution in [0, 0.1) is 12.8 Å². The van der Waals surface area contributed by atoms with Crippen molar-refractivity contribution in [2.75, 3.05) is 7.11 Å². The summed E-state index contributed by atoms with van der Waals surface area (Å²) in [6, 6.07) is 4.13. The van der Waals surface area contributed by atoms with Gasteiger partial charge < -0.3 is 16.2 Å². The molecule has 2 rings (SSSR count). The Kier molecular flexibility index (Phi) is 3.61. The molecule has 0 saturated heterocycles. The van der Waals surface area contributed by atoms with E-state index >= 15 is 0 Å². The molecule has 0 aromatic heterocycles. The second-order valence-electron chi connectivity index (χ2n) is 4.86. The van der Waals surface area contributed by atoms with Crippen LogP contribution in [0.5, 0.6) is 5.75 Å². The van der Waals surface area contributed by atoms with Crippen molar-refractivity contribution in [2.24, 2.45) is 17.4 Å². The van der Waals surface area contributed by atoms with Crippen LogP contribution in [0.1, 0.15) is 30.0 Å². The zero-order valence-corrected chi connectivity index (χ0v) is 11.0. The van der Waals surface area contributed by atoms with Gasteiger partial charge in [0.25, 0.3) is 0 Å². The van der Waals surface area contributed by atoms with Crippen LogP contribution in [-0.2, 0) is 0 Å². The Morgan fingerprint density at radius 3 is 2.59 bits per heavy atom. The Hall–Kier alpha value is -0.770. The molecule has 1 fully saturated rings. The largest absolute Gasteiger partial charge is 0.496 e. The summed E-state index contributed by atoms with van der Waals surface area (Å²) < 4.78 is 5.38. The third kappa shape index (κ3) is 2.41. The van der Waals surface area contributed by atoms with Gasteiger partial charge in [-0.15, -0.1) is 0 Å². The number of hydrogen-bond acceptors (Lipinski definition) is 3. The van der Waals surface area contributed by atoms with Gasteiger partial charge in [0.1, 0.15) is 5.75 Å². The first kappa shape index (κ1) is 12.7. The van der Waals surface area contributed by atoms with Crippen molar-refractivity contribution in [1.82, 2.24) is 0 Å². The summed E-state index contributed by atoms with van der Waals surface area (Å²) in [6.07, 6.45) is 1.96. The molecular weight excluding hydrogens is 236 g/mol. The van der Waals surface area contributed by atoms with E-state index in [2.05, 4.69) is 0 Å². The molecule has 0 bridgehead atoms. The monoisotopic (exact) mass is 254 g/mol. The molecule has 1 unspecified atom stereocenters. The lowest BCUT2D eigenvalue weighted by Gasteiger charge is -2.37. The first-order valence-electron chi connectivity index (χ1n) is 5.88. The fourth-order valence-electron chi connectivity index (χ4n) is 2.36. The van der Waals surface area contributed by atoms with Crippen molar-refractivity contribution in [3.05, 3.63) is 28.3 Å². The van der Waals surface area contributed by atoms with E-state index < -0.39 is 0 Å². The summed E-state index contributed by atoms with van der Waals surface area (Å²) in [5.41, 5.74) is 14.1. The normalized spacial score (nSPS) is 25.2. The van der Waals surface area contributed by atoms with Crippen molar-refractivity contribution in [3.8, 4) is 5.75 Å². The molecule has 0 aliphatic heterocycles. The standard InChI is InChI=1S/C13H19ClN2O/c1-7-3-12(17-2)10(6-11(7)14)13(16)8-4-9(15)5-8/h3,6,8-9,13H,4-5,15-16H2,1-2H3. The first-order valence-corrected chi connectivity index (χ1v) is 6.26. The number of ether oxygens (including phenoxy) is 1. The van der Waals surface area contributed by atoms with Gasteiger partial charge in [-0.2, -0.15) is 0 Å². The Morgan fingerprint density at radius 2 is 2.06 bits per heavy atom. The number of hydrogen-bond donors (Lipinski definition) is 2. The van der Waals surface area contributed by atoms with E-state index in [0.717, 1.165) is 34.7 Å². The summed E-state index contributed by atoms with van der Waals surface area (Å²) in [6.45, 7) is 1.96. The van der Waals surface area contributed by atoms with Crippen molar-refractivity contribution in [1.29, 1.82) is 0 Å². The number of nitrogens with two attached hydrogens (primary N) is 2. The maximum Gasteiger partial charge on any atom is 0.124 e. The minimum absolute atomic E-state index is 0.0390. The lowest BCUT2D eigenvalue weighted by Crippen LogP contribution is -2.41. The van der Waals surface area contributed by atoms with Crippen molar-refractivity contribution >= 4 is 11.6 Å². The third-order valence-corrected chi connectivity index (χ3v) is 4.00. The van der Waals surface area contributed by atoms with Crippen molar-refractivity contribution in [3.63, 3.8) is 0 Å². The van der Waals surface area contributed by atoms with Gasteiger partial charge in [-0.3, -0.25) is 0 Å². The van der Waals surface area contributed by atoms with E-state index in [1.807, 2.05) is 19.1 Å². The van der Waals surface area contributed by atoms with Crippen LogP contribution in [0.4, 0.5) is 0 Å². The molecule has 17 heavy (non-hydrogen) atoms. The van der Waals surface area contributed by atoms with Gasteiger partial charge in [0.15, 0.2) is 0 Å². The van der Waals surface area contributed by atoms with Crippen LogP contribution < -0.4 is 16.2 Å². The summed E-state index contributed by atoms with van der Waals surface area (Å²) in [4.78, 5) is 0. The molecule has 0 heterocycles. The van der Waals surface area contributed by atoms with Crippen LogP contribution in [0.3, 0.4) is 0 Å². The fraction of sp³-hybridized carbons (Fsp3) is 0.538. The molecule has 0 amide bonds. The quantitative estimate of drug-likeness (QED) is 0.871. The molecule has 1 aliphatic rings. The van der Waals surface area contributed by atoms with Crippen LogP contribution >= 0.6 is 11.6 Å². The van der Waals surface area contributed by atoms with Gasteiger partial charge in [0, 0.05) is 22.7 Å². The second-order valence-corrected chi connectivity index (χ2v) is 5.27. The average Bonchev–Trinajstić information content (AvgIpc) is 2.27.